The average molecular weight is 300 g/mol. The number of hydrogen-bond donors (Lipinski definition) is 0. The van der Waals surface area contributed by atoms with Gasteiger partial charge in [0, 0.05) is 5.56 Å². The van der Waals surface area contributed by atoms with Gasteiger partial charge in [0.25, 0.3) is 0 Å². The van der Waals surface area contributed by atoms with Crippen molar-refractivity contribution < 1.29 is 0 Å². The third-order valence-electron chi connectivity index (χ3n) is 4.43. The lowest BCUT2D eigenvalue weighted by atomic mass is 10.0. The summed E-state index contributed by atoms with van der Waals surface area (Å²) in [6.45, 7) is 0.651. The maximum Gasteiger partial charge on any atom is 0.0991 e. The lowest BCUT2D eigenvalue weighted by Gasteiger charge is -2.08. The zero-order chi connectivity index (χ0) is 15.6. The summed E-state index contributed by atoms with van der Waals surface area (Å²) in [5, 5.41) is 17.2. The van der Waals surface area contributed by atoms with Crippen LogP contribution in [-0.4, -0.2) is 15.0 Å². The molecule has 4 rings (SSSR count). The van der Waals surface area contributed by atoms with E-state index < -0.39 is 0 Å². The highest BCUT2D eigenvalue weighted by atomic mass is 15.4. The van der Waals surface area contributed by atoms with E-state index in [-0.39, 0.29) is 0 Å². The van der Waals surface area contributed by atoms with E-state index in [0.717, 1.165) is 11.3 Å². The number of hydrogen-bond acceptors (Lipinski definition) is 3. The fraction of sp³-hybridized carbons (Fsp3) is 0.211. The van der Waals surface area contributed by atoms with Crippen LogP contribution in [0.25, 0.3) is 11.3 Å². The van der Waals surface area contributed by atoms with Gasteiger partial charge in [-0.05, 0) is 54.2 Å². The summed E-state index contributed by atoms with van der Waals surface area (Å²) in [4.78, 5) is 0. The molecule has 4 nitrogen and oxygen atoms in total. The van der Waals surface area contributed by atoms with Crippen LogP contribution in [0.2, 0.25) is 0 Å². The molecule has 112 valence electrons. The maximum absolute atomic E-state index is 8.88. The SMILES string of the molecule is N#Cc1ccc(Cn2nncc2-c2ccc3c(c2)CCC3)cc1. The molecule has 0 aliphatic heterocycles. The number of aromatic nitrogens is 3. The summed E-state index contributed by atoms with van der Waals surface area (Å²) in [7, 11) is 0. The predicted molar refractivity (Wildman–Crippen MR) is 87.7 cm³/mol. The quantitative estimate of drug-likeness (QED) is 0.745. The maximum atomic E-state index is 8.88. The highest BCUT2D eigenvalue weighted by molar-refractivity contribution is 5.61. The van der Waals surface area contributed by atoms with Gasteiger partial charge in [0.05, 0.1) is 30.1 Å². The summed E-state index contributed by atoms with van der Waals surface area (Å²) in [5.74, 6) is 0. The van der Waals surface area contributed by atoms with Crippen LogP contribution in [0.1, 0.15) is 28.7 Å². The minimum Gasteiger partial charge on any atom is -0.240 e. The van der Waals surface area contributed by atoms with Crippen molar-refractivity contribution >= 4 is 0 Å². The van der Waals surface area contributed by atoms with Gasteiger partial charge in [0.2, 0.25) is 0 Å². The summed E-state index contributed by atoms with van der Waals surface area (Å²) in [5.41, 5.74) is 6.91. The van der Waals surface area contributed by atoms with E-state index in [0.29, 0.717) is 12.1 Å². The van der Waals surface area contributed by atoms with Crippen LogP contribution in [0.3, 0.4) is 0 Å². The van der Waals surface area contributed by atoms with E-state index >= 15 is 0 Å². The highest BCUT2D eigenvalue weighted by Crippen LogP contribution is 2.27. The first-order valence-electron chi connectivity index (χ1n) is 7.83. The molecule has 1 aliphatic rings. The Balaban J connectivity index is 1.64. The molecule has 1 aliphatic carbocycles. The van der Waals surface area contributed by atoms with Gasteiger partial charge in [-0.15, -0.1) is 5.10 Å². The van der Waals surface area contributed by atoms with Gasteiger partial charge in [-0.2, -0.15) is 5.26 Å². The average Bonchev–Trinajstić information content (AvgIpc) is 3.23. The van der Waals surface area contributed by atoms with Crippen LogP contribution in [0.15, 0.2) is 48.7 Å². The summed E-state index contributed by atoms with van der Waals surface area (Å²) >= 11 is 0. The lowest BCUT2D eigenvalue weighted by Crippen LogP contribution is -2.04. The normalized spacial score (nSPS) is 12.8. The van der Waals surface area contributed by atoms with Crippen molar-refractivity contribution in [3.8, 4) is 17.3 Å². The van der Waals surface area contributed by atoms with E-state index in [1.165, 1.54) is 36.0 Å². The number of nitriles is 1. The second kappa shape index (κ2) is 5.69. The first kappa shape index (κ1) is 13.7. The van der Waals surface area contributed by atoms with Crippen molar-refractivity contribution in [1.82, 2.24) is 15.0 Å². The zero-order valence-electron chi connectivity index (χ0n) is 12.7. The molecule has 0 N–H and O–H groups in total. The summed E-state index contributed by atoms with van der Waals surface area (Å²) in [6, 6.07) is 16.4. The fourth-order valence-electron chi connectivity index (χ4n) is 3.19. The van der Waals surface area contributed by atoms with E-state index in [9.17, 15) is 0 Å². The zero-order valence-corrected chi connectivity index (χ0v) is 12.7. The minimum absolute atomic E-state index is 0.651. The smallest absolute Gasteiger partial charge is 0.0991 e. The molecule has 0 bridgehead atoms. The van der Waals surface area contributed by atoms with Gasteiger partial charge in [-0.3, -0.25) is 0 Å². The highest BCUT2D eigenvalue weighted by Gasteiger charge is 2.14. The molecule has 0 unspecified atom stereocenters. The molecule has 2 aromatic carbocycles. The second-order valence-electron chi connectivity index (χ2n) is 5.92. The molecule has 1 heterocycles. The molecular formula is C19H16N4. The number of rotatable bonds is 3. The standard InChI is InChI=1S/C19H16N4/c20-11-14-4-6-15(7-5-14)13-23-19(12-21-22-23)18-9-8-16-2-1-3-17(16)10-18/h4-10,12H,1-3,13H2. The van der Waals surface area contributed by atoms with Crippen molar-refractivity contribution in [2.24, 2.45) is 0 Å². The third kappa shape index (κ3) is 2.62. The Kier molecular flexibility index (Phi) is 3.39. The lowest BCUT2D eigenvalue weighted by molar-refractivity contribution is 0.655. The molecule has 0 amide bonds. The van der Waals surface area contributed by atoms with Crippen LogP contribution >= 0.6 is 0 Å². The molecule has 23 heavy (non-hydrogen) atoms. The van der Waals surface area contributed by atoms with Crippen molar-refractivity contribution in [2.45, 2.75) is 25.8 Å². The number of nitrogens with zero attached hydrogens (tertiary/aromatic N) is 4. The second-order valence-corrected chi connectivity index (χ2v) is 5.92. The first-order chi connectivity index (χ1) is 11.3. The molecule has 0 saturated heterocycles. The number of fused-ring (bicyclic) bond motifs is 1. The number of aryl methyl sites for hydroxylation is 2. The molecule has 4 heteroatoms. The third-order valence-corrected chi connectivity index (χ3v) is 4.43. The Bertz CT molecular complexity index is 884. The van der Waals surface area contributed by atoms with E-state index in [4.69, 9.17) is 5.26 Å². The van der Waals surface area contributed by atoms with Crippen molar-refractivity contribution in [3.63, 3.8) is 0 Å². The van der Waals surface area contributed by atoms with Gasteiger partial charge < -0.3 is 0 Å². The molecule has 0 fully saturated rings. The van der Waals surface area contributed by atoms with Crippen LogP contribution in [-0.2, 0) is 19.4 Å². The molecule has 0 spiro atoms. The van der Waals surface area contributed by atoms with Gasteiger partial charge >= 0.3 is 0 Å². The Hall–Kier alpha value is -2.93. The Labute approximate surface area is 135 Å². The van der Waals surface area contributed by atoms with Gasteiger partial charge in [-0.1, -0.05) is 29.5 Å². The minimum atomic E-state index is 0.651. The van der Waals surface area contributed by atoms with Gasteiger partial charge in [0.15, 0.2) is 0 Å². The Morgan fingerprint density at radius 2 is 1.87 bits per heavy atom. The molecule has 1 aromatic heterocycles. The summed E-state index contributed by atoms with van der Waals surface area (Å²) in [6.07, 6.45) is 5.43. The van der Waals surface area contributed by atoms with E-state index in [1.807, 2.05) is 35.1 Å². The predicted octanol–water partition coefficient (Wildman–Crippen LogP) is 3.35. The molecule has 0 radical (unpaired) electrons. The van der Waals surface area contributed by atoms with Crippen molar-refractivity contribution in [2.75, 3.05) is 0 Å². The van der Waals surface area contributed by atoms with Crippen LogP contribution in [0.4, 0.5) is 0 Å². The topological polar surface area (TPSA) is 54.5 Å². The van der Waals surface area contributed by atoms with Crippen LogP contribution in [0.5, 0.6) is 0 Å². The largest absolute Gasteiger partial charge is 0.240 e. The molecule has 0 saturated carbocycles. The molecule has 0 atom stereocenters. The van der Waals surface area contributed by atoms with E-state index in [1.54, 1.807) is 0 Å². The van der Waals surface area contributed by atoms with Crippen molar-refractivity contribution in [3.05, 3.63) is 70.9 Å². The fourth-order valence-corrected chi connectivity index (χ4v) is 3.19. The number of benzene rings is 2. The molecular weight excluding hydrogens is 284 g/mol. The Morgan fingerprint density at radius 3 is 2.70 bits per heavy atom. The van der Waals surface area contributed by atoms with Gasteiger partial charge in [-0.25, -0.2) is 4.68 Å². The van der Waals surface area contributed by atoms with Gasteiger partial charge in [0.1, 0.15) is 0 Å². The Morgan fingerprint density at radius 1 is 1.04 bits per heavy atom. The monoisotopic (exact) mass is 300 g/mol. The summed E-state index contributed by atoms with van der Waals surface area (Å²) < 4.78 is 1.91. The van der Waals surface area contributed by atoms with Crippen molar-refractivity contribution in [1.29, 1.82) is 5.26 Å². The molecule has 3 aromatic rings. The van der Waals surface area contributed by atoms with E-state index in [2.05, 4.69) is 34.6 Å². The first-order valence-corrected chi connectivity index (χ1v) is 7.83. The van der Waals surface area contributed by atoms with Crippen LogP contribution in [0, 0.1) is 11.3 Å². The van der Waals surface area contributed by atoms with Crippen LogP contribution < -0.4 is 0 Å².